The summed E-state index contributed by atoms with van der Waals surface area (Å²) in [6, 6.07) is 8.61. The van der Waals surface area contributed by atoms with Crippen LogP contribution < -0.4 is 10.5 Å². The van der Waals surface area contributed by atoms with Gasteiger partial charge in [0, 0.05) is 0 Å². The van der Waals surface area contributed by atoms with Crippen molar-refractivity contribution in [1.82, 2.24) is 0 Å². The quantitative estimate of drug-likeness (QED) is 0.659. The van der Waals surface area contributed by atoms with Gasteiger partial charge in [0.05, 0.1) is 0 Å². The van der Waals surface area contributed by atoms with Gasteiger partial charge in [-0.3, -0.25) is 0 Å². The third-order valence-corrected chi connectivity index (χ3v) is 2.34. The Bertz CT molecular complexity index is 418. The van der Waals surface area contributed by atoms with Gasteiger partial charge >= 0.3 is 12.1 Å². The zero-order chi connectivity index (χ0) is 14.5. The number of hydrogen-bond donors (Lipinski definition) is 1. The Morgan fingerprint density at radius 3 is 2.32 bits per heavy atom. The molecule has 4 nitrogen and oxygen atoms in total. The fourth-order valence-corrected chi connectivity index (χ4v) is 1.08. The number of para-hydroxylation sites is 1. The molecule has 19 heavy (non-hydrogen) atoms. The molecule has 7 heteroatoms. The van der Waals surface area contributed by atoms with E-state index in [4.69, 9.17) is 10.5 Å². The topological polar surface area (TPSA) is 61.6 Å². The van der Waals surface area contributed by atoms with Crippen molar-refractivity contribution in [3.63, 3.8) is 0 Å². The number of carbonyl (C=O) groups is 1. The van der Waals surface area contributed by atoms with Crippen LogP contribution in [0.15, 0.2) is 30.3 Å². The van der Waals surface area contributed by atoms with Gasteiger partial charge in [0.15, 0.2) is 0 Å². The molecule has 0 aliphatic heterocycles. The maximum Gasteiger partial charge on any atom is 0.416 e. The highest BCUT2D eigenvalue weighted by Crippen LogP contribution is 2.28. The molecule has 2 N–H and O–H groups in total. The fraction of sp³-hybridized carbons (Fsp3) is 0.417. The van der Waals surface area contributed by atoms with E-state index in [9.17, 15) is 18.0 Å². The van der Waals surface area contributed by atoms with Gasteiger partial charge in [-0.1, -0.05) is 18.2 Å². The second-order valence-electron chi connectivity index (χ2n) is 4.00. The highest BCUT2D eigenvalue weighted by atomic mass is 19.4. The molecule has 1 aromatic rings. The molecule has 0 heterocycles. The van der Waals surface area contributed by atoms with Gasteiger partial charge in [-0.05, 0) is 19.1 Å². The first-order chi connectivity index (χ1) is 8.75. The van der Waals surface area contributed by atoms with Gasteiger partial charge in [0.1, 0.15) is 19.0 Å². The highest BCUT2D eigenvalue weighted by Gasteiger charge is 2.55. The van der Waals surface area contributed by atoms with Crippen molar-refractivity contribution >= 4 is 5.97 Å². The molecule has 0 radical (unpaired) electrons. The van der Waals surface area contributed by atoms with Gasteiger partial charge in [-0.25, -0.2) is 4.79 Å². The molecular weight excluding hydrogens is 263 g/mol. The van der Waals surface area contributed by atoms with E-state index in [1.807, 2.05) is 0 Å². The van der Waals surface area contributed by atoms with Crippen LogP contribution >= 0.6 is 0 Å². The summed E-state index contributed by atoms with van der Waals surface area (Å²) in [5.41, 5.74) is 1.88. The minimum absolute atomic E-state index is 0.0519. The molecule has 1 aromatic carbocycles. The number of carbonyl (C=O) groups excluding carboxylic acids is 1. The molecule has 0 saturated heterocycles. The van der Waals surface area contributed by atoms with Crippen molar-refractivity contribution in [2.75, 3.05) is 13.2 Å². The van der Waals surface area contributed by atoms with Crippen molar-refractivity contribution in [3.05, 3.63) is 30.3 Å². The number of nitrogens with two attached hydrogens (primary N) is 1. The zero-order valence-corrected chi connectivity index (χ0v) is 10.2. The maximum absolute atomic E-state index is 12.4. The summed E-state index contributed by atoms with van der Waals surface area (Å²) >= 11 is 0. The molecule has 0 saturated carbocycles. The van der Waals surface area contributed by atoms with E-state index < -0.39 is 17.7 Å². The smallest absolute Gasteiger partial charge is 0.416 e. The average molecular weight is 277 g/mol. The van der Waals surface area contributed by atoms with Crippen LogP contribution in [0.4, 0.5) is 13.2 Å². The predicted molar refractivity (Wildman–Crippen MR) is 61.5 cm³/mol. The summed E-state index contributed by atoms with van der Waals surface area (Å²) in [7, 11) is 0. The average Bonchev–Trinajstić information content (AvgIpc) is 2.34. The van der Waals surface area contributed by atoms with Gasteiger partial charge < -0.3 is 15.2 Å². The van der Waals surface area contributed by atoms with Crippen LogP contribution in [-0.4, -0.2) is 30.9 Å². The lowest BCUT2D eigenvalue weighted by atomic mass is 10.0. The van der Waals surface area contributed by atoms with E-state index in [0.29, 0.717) is 12.7 Å². The van der Waals surface area contributed by atoms with Crippen molar-refractivity contribution < 1.29 is 27.4 Å². The van der Waals surface area contributed by atoms with Gasteiger partial charge in [-0.15, -0.1) is 0 Å². The third kappa shape index (κ3) is 4.13. The number of esters is 1. The first-order valence-corrected chi connectivity index (χ1v) is 5.46. The van der Waals surface area contributed by atoms with E-state index in [1.165, 1.54) is 0 Å². The summed E-state index contributed by atoms with van der Waals surface area (Å²) in [5.74, 6) is -0.999. The van der Waals surface area contributed by atoms with Crippen molar-refractivity contribution in [1.29, 1.82) is 0 Å². The molecule has 1 rings (SSSR count). The van der Waals surface area contributed by atoms with Gasteiger partial charge in [0.25, 0.3) is 0 Å². The first kappa shape index (κ1) is 15.3. The molecule has 0 aliphatic carbocycles. The number of alkyl halides is 3. The molecule has 0 amide bonds. The third-order valence-electron chi connectivity index (χ3n) is 2.34. The number of hydrogen-bond acceptors (Lipinski definition) is 4. The summed E-state index contributed by atoms with van der Waals surface area (Å²) in [4.78, 5) is 11.2. The zero-order valence-electron chi connectivity index (χ0n) is 10.2. The van der Waals surface area contributed by atoms with E-state index in [2.05, 4.69) is 4.74 Å². The Morgan fingerprint density at radius 1 is 1.21 bits per heavy atom. The SMILES string of the molecule is CC(N)(C(=O)OCCOc1ccccc1)C(F)(F)F. The Labute approximate surface area is 108 Å². The first-order valence-electron chi connectivity index (χ1n) is 5.46. The Balaban J connectivity index is 2.36. The van der Waals surface area contributed by atoms with Crippen molar-refractivity contribution in [2.24, 2.45) is 5.73 Å². The molecule has 0 aliphatic rings. The van der Waals surface area contributed by atoms with Crippen LogP contribution in [0.3, 0.4) is 0 Å². The standard InChI is InChI=1S/C12H14F3NO3/c1-11(16,12(13,14)15)10(17)19-8-7-18-9-5-3-2-4-6-9/h2-6H,7-8,16H2,1H3. The predicted octanol–water partition coefficient (Wildman–Crippen LogP) is 1.89. The van der Waals surface area contributed by atoms with Crippen LogP contribution in [0, 0.1) is 0 Å². The number of ether oxygens (including phenoxy) is 2. The Kier molecular flexibility index (Phi) is 4.77. The molecule has 0 spiro atoms. The molecule has 106 valence electrons. The number of halogens is 3. The minimum Gasteiger partial charge on any atom is -0.490 e. The van der Waals surface area contributed by atoms with Crippen LogP contribution in [0.5, 0.6) is 5.75 Å². The Hall–Kier alpha value is -1.76. The normalized spacial score (nSPS) is 14.6. The van der Waals surface area contributed by atoms with E-state index in [0.717, 1.165) is 0 Å². The van der Waals surface area contributed by atoms with E-state index >= 15 is 0 Å². The summed E-state index contributed by atoms with van der Waals surface area (Å²) < 4.78 is 46.8. The van der Waals surface area contributed by atoms with Crippen LogP contribution in [-0.2, 0) is 9.53 Å². The lowest BCUT2D eigenvalue weighted by Crippen LogP contribution is -2.58. The van der Waals surface area contributed by atoms with Gasteiger partial charge in [0.2, 0.25) is 5.54 Å². The second-order valence-corrected chi connectivity index (χ2v) is 4.00. The monoisotopic (exact) mass is 277 g/mol. The summed E-state index contributed by atoms with van der Waals surface area (Å²) in [5, 5.41) is 0. The molecule has 0 fully saturated rings. The van der Waals surface area contributed by atoms with Crippen LogP contribution in [0.2, 0.25) is 0 Å². The molecule has 1 atom stereocenters. The van der Waals surface area contributed by atoms with Crippen LogP contribution in [0.25, 0.3) is 0 Å². The fourth-order valence-electron chi connectivity index (χ4n) is 1.08. The maximum atomic E-state index is 12.4. The summed E-state index contributed by atoms with van der Waals surface area (Å²) in [6.45, 7) is 0.202. The lowest BCUT2D eigenvalue weighted by Gasteiger charge is -2.25. The molecule has 1 unspecified atom stereocenters. The van der Waals surface area contributed by atoms with Gasteiger partial charge in [-0.2, -0.15) is 13.2 Å². The van der Waals surface area contributed by atoms with Crippen molar-refractivity contribution in [2.45, 2.75) is 18.6 Å². The summed E-state index contributed by atoms with van der Waals surface area (Å²) in [6.07, 6.45) is -4.86. The van der Waals surface area contributed by atoms with E-state index in [1.54, 1.807) is 30.3 Å². The number of rotatable bonds is 5. The number of benzene rings is 1. The minimum atomic E-state index is -4.86. The lowest BCUT2D eigenvalue weighted by molar-refractivity contribution is -0.202. The Morgan fingerprint density at radius 2 is 1.79 bits per heavy atom. The van der Waals surface area contributed by atoms with Crippen LogP contribution in [0.1, 0.15) is 6.92 Å². The highest BCUT2D eigenvalue weighted by molar-refractivity contribution is 5.81. The largest absolute Gasteiger partial charge is 0.490 e. The molecule has 0 bridgehead atoms. The second kappa shape index (κ2) is 5.92. The van der Waals surface area contributed by atoms with E-state index in [-0.39, 0.29) is 13.2 Å². The molecular formula is C12H14F3NO3. The molecule has 0 aromatic heterocycles. The van der Waals surface area contributed by atoms with Crippen molar-refractivity contribution in [3.8, 4) is 5.75 Å².